The molecule has 0 aromatic carbocycles. The molecule has 0 N–H and O–H groups in total. The molecule has 68 valence electrons. The van der Waals surface area contributed by atoms with E-state index in [1.165, 1.54) is 12.5 Å². The lowest BCUT2D eigenvalue weighted by molar-refractivity contribution is 0.174. The Morgan fingerprint density at radius 1 is 1.27 bits per heavy atom. The Hall–Kier alpha value is 0.487. The number of hydrogen-bond acceptors (Lipinski definition) is 3. The summed E-state index contributed by atoms with van der Waals surface area (Å²) in [4.78, 5) is 0. The number of hydrogen-bond donors (Lipinski definition) is 1. The van der Waals surface area contributed by atoms with Crippen molar-refractivity contribution in [2.75, 3.05) is 26.1 Å². The average Bonchev–Trinajstić information content (AvgIpc) is 2.03. The predicted octanol–water partition coefficient (Wildman–Crippen LogP) is 0.861. The van der Waals surface area contributed by atoms with Gasteiger partial charge in [-0.15, -0.1) is 0 Å². The lowest BCUT2D eigenvalue weighted by Gasteiger charge is -2.01. The second-order valence-corrected chi connectivity index (χ2v) is 4.36. The highest BCUT2D eigenvalue weighted by Gasteiger charge is 1.89. The molecule has 0 radical (unpaired) electrons. The van der Waals surface area contributed by atoms with Crippen molar-refractivity contribution >= 4 is 22.4 Å². The van der Waals surface area contributed by atoms with Gasteiger partial charge in [-0.05, 0) is 24.6 Å². The first-order valence-electron chi connectivity index (χ1n) is 4.09. The van der Waals surface area contributed by atoms with E-state index in [0.29, 0.717) is 0 Å². The predicted molar refractivity (Wildman–Crippen MR) is 54.3 cm³/mol. The second-order valence-electron chi connectivity index (χ2n) is 2.39. The molecular weight excluding hydrogens is 176 g/mol. The van der Waals surface area contributed by atoms with Crippen LogP contribution in [0.5, 0.6) is 0 Å². The van der Waals surface area contributed by atoms with Gasteiger partial charge in [-0.25, -0.2) is 0 Å². The van der Waals surface area contributed by atoms with Gasteiger partial charge in [0, 0.05) is 20.3 Å². The summed E-state index contributed by atoms with van der Waals surface area (Å²) in [5, 5.41) is 0. The molecule has 0 spiro atoms. The van der Waals surface area contributed by atoms with E-state index in [1.807, 2.05) is 0 Å². The largest absolute Gasteiger partial charge is 0.424 e. The lowest BCUT2D eigenvalue weighted by Crippen LogP contribution is -2.03. The van der Waals surface area contributed by atoms with Gasteiger partial charge in [-0.3, -0.25) is 0 Å². The van der Waals surface area contributed by atoms with Crippen molar-refractivity contribution < 1.29 is 9.16 Å². The summed E-state index contributed by atoms with van der Waals surface area (Å²) >= 11 is 4.13. The summed E-state index contributed by atoms with van der Waals surface area (Å²) in [6, 6.07) is 1.26. The fourth-order valence-electron chi connectivity index (χ4n) is 0.723. The van der Waals surface area contributed by atoms with Crippen molar-refractivity contribution in [2.45, 2.75) is 18.9 Å². The maximum atomic E-state index is 5.46. The van der Waals surface area contributed by atoms with E-state index in [4.69, 9.17) is 9.16 Å². The Balaban J connectivity index is 2.69. The standard InChI is InChI=1S/C7H18O2SSi/c1-8-4-2-5-9-11-7-3-6-10/h10H,2-7,11H2,1H3. The first-order valence-corrected chi connectivity index (χ1v) is 6.30. The average molecular weight is 194 g/mol. The molecule has 11 heavy (non-hydrogen) atoms. The highest BCUT2D eigenvalue weighted by Crippen LogP contribution is 1.92. The van der Waals surface area contributed by atoms with Crippen molar-refractivity contribution in [3.8, 4) is 0 Å². The Morgan fingerprint density at radius 2 is 2.09 bits per heavy atom. The molecule has 4 heteroatoms. The minimum Gasteiger partial charge on any atom is -0.424 e. The van der Waals surface area contributed by atoms with Crippen molar-refractivity contribution in [1.82, 2.24) is 0 Å². The molecule has 0 aromatic rings. The molecule has 0 unspecified atom stereocenters. The molecule has 0 amide bonds. The van der Waals surface area contributed by atoms with Crippen molar-refractivity contribution in [3.05, 3.63) is 0 Å². The van der Waals surface area contributed by atoms with E-state index >= 15 is 0 Å². The molecule has 0 saturated heterocycles. The van der Waals surface area contributed by atoms with Crippen LogP contribution in [0.3, 0.4) is 0 Å². The molecule has 0 fully saturated rings. The van der Waals surface area contributed by atoms with E-state index < -0.39 is 0 Å². The number of thiol groups is 1. The summed E-state index contributed by atoms with van der Waals surface area (Å²) in [5.74, 6) is 0.994. The zero-order chi connectivity index (χ0) is 8.36. The maximum Gasteiger partial charge on any atom is 0.161 e. The monoisotopic (exact) mass is 194 g/mol. The molecule has 0 aromatic heterocycles. The zero-order valence-electron chi connectivity index (χ0n) is 7.21. The number of ether oxygens (including phenoxy) is 1. The van der Waals surface area contributed by atoms with E-state index in [1.54, 1.807) is 7.11 Å². The van der Waals surface area contributed by atoms with Gasteiger partial charge in [0.1, 0.15) is 0 Å². The Bertz CT molecular complexity index is 65.5. The molecule has 0 aliphatic rings. The van der Waals surface area contributed by atoms with Gasteiger partial charge in [0.25, 0.3) is 0 Å². The summed E-state index contributed by atoms with van der Waals surface area (Å²) in [6.45, 7) is 1.70. The van der Waals surface area contributed by atoms with E-state index in [0.717, 1.165) is 25.4 Å². The third-order valence-electron chi connectivity index (χ3n) is 1.33. The highest BCUT2D eigenvalue weighted by molar-refractivity contribution is 7.80. The third-order valence-corrected chi connectivity index (χ3v) is 3.02. The smallest absolute Gasteiger partial charge is 0.161 e. The highest BCUT2D eigenvalue weighted by atomic mass is 32.1. The fourth-order valence-corrected chi connectivity index (χ4v) is 2.43. The van der Waals surface area contributed by atoms with Crippen molar-refractivity contribution in [3.63, 3.8) is 0 Å². The molecule has 0 atom stereocenters. The van der Waals surface area contributed by atoms with Crippen molar-refractivity contribution in [2.24, 2.45) is 0 Å². The lowest BCUT2D eigenvalue weighted by atomic mass is 10.5. The number of rotatable bonds is 8. The summed E-state index contributed by atoms with van der Waals surface area (Å²) in [6.07, 6.45) is 2.24. The summed E-state index contributed by atoms with van der Waals surface area (Å²) in [7, 11) is 1.49. The first-order chi connectivity index (χ1) is 5.41. The molecule has 0 aliphatic carbocycles. The topological polar surface area (TPSA) is 18.5 Å². The summed E-state index contributed by atoms with van der Waals surface area (Å²) in [5.41, 5.74) is 0. The zero-order valence-corrected chi connectivity index (χ0v) is 9.52. The number of methoxy groups -OCH3 is 1. The van der Waals surface area contributed by atoms with Crippen LogP contribution in [0.25, 0.3) is 0 Å². The van der Waals surface area contributed by atoms with E-state index in [-0.39, 0.29) is 9.76 Å². The molecular formula is C7H18O2SSi. The van der Waals surface area contributed by atoms with Gasteiger partial charge in [0.05, 0.1) is 0 Å². The van der Waals surface area contributed by atoms with E-state index in [9.17, 15) is 0 Å². The molecule has 0 saturated carbocycles. The fraction of sp³-hybridized carbons (Fsp3) is 1.00. The van der Waals surface area contributed by atoms with Crippen LogP contribution in [0.4, 0.5) is 0 Å². The van der Waals surface area contributed by atoms with Gasteiger partial charge >= 0.3 is 0 Å². The van der Waals surface area contributed by atoms with Crippen LogP contribution in [0.1, 0.15) is 12.8 Å². The molecule has 2 nitrogen and oxygen atoms in total. The van der Waals surface area contributed by atoms with E-state index in [2.05, 4.69) is 12.6 Å². The molecule has 0 aliphatic heterocycles. The Morgan fingerprint density at radius 3 is 2.73 bits per heavy atom. The normalized spacial score (nSPS) is 11.5. The van der Waals surface area contributed by atoms with Crippen LogP contribution in [0.2, 0.25) is 6.04 Å². The van der Waals surface area contributed by atoms with Crippen LogP contribution >= 0.6 is 12.6 Å². The van der Waals surface area contributed by atoms with Crippen LogP contribution in [-0.2, 0) is 9.16 Å². The van der Waals surface area contributed by atoms with Crippen LogP contribution in [-0.4, -0.2) is 35.8 Å². The third kappa shape index (κ3) is 10.5. The Kier molecular flexibility index (Phi) is 11.0. The second kappa shape index (κ2) is 10.5. The van der Waals surface area contributed by atoms with Crippen LogP contribution in [0, 0.1) is 0 Å². The maximum absolute atomic E-state index is 5.46. The van der Waals surface area contributed by atoms with Gasteiger partial charge in [-0.1, -0.05) is 0 Å². The minimum absolute atomic E-state index is 0.232. The van der Waals surface area contributed by atoms with Crippen LogP contribution in [0.15, 0.2) is 0 Å². The first kappa shape index (κ1) is 11.5. The summed E-state index contributed by atoms with van der Waals surface area (Å²) < 4.78 is 10.4. The minimum atomic E-state index is -0.232. The van der Waals surface area contributed by atoms with Gasteiger partial charge in [0.15, 0.2) is 9.76 Å². The van der Waals surface area contributed by atoms with Gasteiger partial charge in [-0.2, -0.15) is 12.6 Å². The van der Waals surface area contributed by atoms with Crippen LogP contribution < -0.4 is 0 Å². The van der Waals surface area contributed by atoms with Crippen molar-refractivity contribution in [1.29, 1.82) is 0 Å². The molecule has 0 bridgehead atoms. The quantitative estimate of drug-likeness (QED) is 0.351. The molecule has 0 heterocycles. The SMILES string of the molecule is COCCCO[SiH2]CCCS. The Labute approximate surface area is 77.0 Å². The van der Waals surface area contributed by atoms with Gasteiger partial charge in [0.2, 0.25) is 0 Å². The molecule has 0 rings (SSSR count). The van der Waals surface area contributed by atoms with Gasteiger partial charge < -0.3 is 9.16 Å².